The lowest BCUT2D eigenvalue weighted by molar-refractivity contribution is 0.177. The third-order valence-corrected chi connectivity index (χ3v) is 1.91. The molecule has 0 radical (unpaired) electrons. The lowest BCUT2D eigenvalue weighted by Crippen LogP contribution is -1.95. The zero-order valence-electron chi connectivity index (χ0n) is 7.69. The fraction of sp³-hybridized carbons (Fsp3) is 0.333. The van der Waals surface area contributed by atoms with Gasteiger partial charge in [-0.15, -0.1) is 10.2 Å². The van der Waals surface area contributed by atoms with Crippen LogP contribution in [0.2, 0.25) is 0 Å². The van der Waals surface area contributed by atoms with Gasteiger partial charge in [0.2, 0.25) is 0 Å². The highest BCUT2D eigenvalue weighted by molar-refractivity contribution is 5.40. The van der Waals surface area contributed by atoms with Gasteiger partial charge in [-0.05, 0) is 24.6 Å². The molecule has 0 saturated carbocycles. The molecule has 0 saturated heterocycles. The number of pyridine rings is 1. The molecular formula is C9H11N3O. The van der Waals surface area contributed by atoms with Crippen LogP contribution in [0.4, 0.5) is 0 Å². The summed E-state index contributed by atoms with van der Waals surface area (Å²) in [6.45, 7) is 2.52. The van der Waals surface area contributed by atoms with Gasteiger partial charge in [0.15, 0.2) is 11.5 Å². The molecule has 2 rings (SSSR count). The van der Waals surface area contributed by atoms with Gasteiger partial charge in [-0.2, -0.15) is 0 Å². The normalized spacial score (nSPS) is 10.9. The number of ether oxygens (including phenoxy) is 1. The van der Waals surface area contributed by atoms with E-state index in [1.54, 1.807) is 7.11 Å². The summed E-state index contributed by atoms with van der Waals surface area (Å²) in [5.74, 6) is 0.831. The van der Waals surface area contributed by atoms with E-state index < -0.39 is 0 Å². The fourth-order valence-corrected chi connectivity index (χ4v) is 1.27. The average molecular weight is 177 g/mol. The fourth-order valence-electron chi connectivity index (χ4n) is 1.27. The zero-order chi connectivity index (χ0) is 9.26. The Hall–Kier alpha value is -1.42. The van der Waals surface area contributed by atoms with Crippen molar-refractivity contribution in [2.45, 2.75) is 13.5 Å². The molecule has 0 atom stereocenters. The summed E-state index contributed by atoms with van der Waals surface area (Å²) in [6.07, 6.45) is 1.96. The van der Waals surface area contributed by atoms with Crippen molar-refractivity contribution in [3.63, 3.8) is 0 Å². The molecule has 0 aliphatic heterocycles. The molecule has 2 heterocycles. The van der Waals surface area contributed by atoms with Crippen LogP contribution in [0, 0.1) is 6.92 Å². The summed E-state index contributed by atoms with van der Waals surface area (Å²) in [4.78, 5) is 0. The highest BCUT2D eigenvalue weighted by Crippen LogP contribution is 2.06. The molecule has 0 fully saturated rings. The standard InChI is InChI=1S/C9H11N3O/c1-7-3-4-12-8(5-7)10-11-9(12)6-13-2/h3-5H,6H2,1-2H3. The Morgan fingerprint density at radius 3 is 3.08 bits per heavy atom. The number of methoxy groups -OCH3 is 1. The average Bonchev–Trinajstić information content (AvgIpc) is 2.49. The molecule has 13 heavy (non-hydrogen) atoms. The van der Waals surface area contributed by atoms with Gasteiger partial charge in [0, 0.05) is 13.3 Å². The summed E-state index contributed by atoms with van der Waals surface area (Å²) >= 11 is 0. The third-order valence-electron chi connectivity index (χ3n) is 1.91. The second kappa shape index (κ2) is 3.14. The van der Waals surface area contributed by atoms with Crippen molar-refractivity contribution in [2.24, 2.45) is 0 Å². The molecule has 0 aromatic carbocycles. The first-order valence-electron chi connectivity index (χ1n) is 4.10. The first kappa shape index (κ1) is 8.19. The summed E-state index contributed by atoms with van der Waals surface area (Å²) < 4.78 is 6.93. The van der Waals surface area contributed by atoms with E-state index >= 15 is 0 Å². The van der Waals surface area contributed by atoms with E-state index in [2.05, 4.69) is 10.2 Å². The quantitative estimate of drug-likeness (QED) is 0.691. The van der Waals surface area contributed by atoms with Gasteiger partial charge in [-0.1, -0.05) is 0 Å². The second-order valence-corrected chi connectivity index (χ2v) is 2.98. The number of fused-ring (bicyclic) bond motifs is 1. The molecule has 4 nitrogen and oxygen atoms in total. The summed E-state index contributed by atoms with van der Waals surface area (Å²) in [5.41, 5.74) is 2.05. The van der Waals surface area contributed by atoms with Crippen LogP contribution in [-0.2, 0) is 11.3 Å². The van der Waals surface area contributed by atoms with Gasteiger partial charge in [-0.3, -0.25) is 4.40 Å². The van der Waals surface area contributed by atoms with E-state index in [0.717, 1.165) is 11.5 Å². The molecule has 0 N–H and O–H groups in total. The number of hydrogen-bond donors (Lipinski definition) is 0. The van der Waals surface area contributed by atoms with Crippen molar-refractivity contribution in [1.29, 1.82) is 0 Å². The van der Waals surface area contributed by atoms with Gasteiger partial charge in [0.05, 0.1) is 0 Å². The van der Waals surface area contributed by atoms with Gasteiger partial charge < -0.3 is 4.74 Å². The molecule has 0 aliphatic carbocycles. The van der Waals surface area contributed by atoms with E-state index in [9.17, 15) is 0 Å². The molecule has 2 aromatic heterocycles. The smallest absolute Gasteiger partial charge is 0.163 e. The molecule has 0 bridgehead atoms. The topological polar surface area (TPSA) is 39.4 Å². The summed E-state index contributed by atoms with van der Waals surface area (Å²) in [7, 11) is 1.65. The number of rotatable bonds is 2. The van der Waals surface area contributed by atoms with Gasteiger partial charge in [-0.25, -0.2) is 0 Å². The summed E-state index contributed by atoms with van der Waals surface area (Å²) in [6, 6.07) is 4.02. The van der Waals surface area contributed by atoms with Crippen LogP contribution in [0.1, 0.15) is 11.4 Å². The van der Waals surface area contributed by atoms with Crippen LogP contribution in [0.3, 0.4) is 0 Å². The predicted molar refractivity (Wildman–Crippen MR) is 48.4 cm³/mol. The maximum Gasteiger partial charge on any atom is 0.163 e. The highest BCUT2D eigenvalue weighted by atomic mass is 16.5. The zero-order valence-corrected chi connectivity index (χ0v) is 7.69. The minimum Gasteiger partial charge on any atom is -0.377 e. The molecule has 68 valence electrons. The number of aromatic nitrogens is 3. The minimum atomic E-state index is 0.490. The van der Waals surface area contributed by atoms with Crippen molar-refractivity contribution in [3.05, 3.63) is 29.7 Å². The summed E-state index contributed by atoms with van der Waals surface area (Å²) in [5, 5.41) is 8.05. The molecule has 0 spiro atoms. The van der Waals surface area contributed by atoms with Crippen molar-refractivity contribution in [3.8, 4) is 0 Å². The van der Waals surface area contributed by atoms with E-state index in [1.165, 1.54) is 5.56 Å². The van der Waals surface area contributed by atoms with E-state index in [-0.39, 0.29) is 0 Å². The van der Waals surface area contributed by atoms with Crippen molar-refractivity contribution >= 4 is 5.65 Å². The SMILES string of the molecule is COCc1nnc2cc(C)ccn12. The van der Waals surface area contributed by atoms with E-state index in [4.69, 9.17) is 4.74 Å². The lowest BCUT2D eigenvalue weighted by Gasteiger charge is -1.98. The maximum atomic E-state index is 5.00. The van der Waals surface area contributed by atoms with Gasteiger partial charge >= 0.3 is 0 Å². The largest absolute Gasteiger partial charge is 0.377 e. The number of aryl methyl sites for hydroxylation is 1. The lowest BCUT2D eigenvalue weighted by atomic mass is 10.3. The van der Waals surface area contributed by atoms with Crippen LogP contribution in [-0.4, -0.2) is 21.7 Å². The number of nitrogens with zero attached hydrogens (tertiary/aromatic N) is 3. The Bertz CT molecular complexity index is 422. The maximum absolute atomic E-state index is 5.00. The van der Waals surface area contributed by atoms with E-state index in [1.807, 2.05) is 29.7 Å². The monoisotopic (exact) mass is 177 g/mol. The molecule has 0 aliphatic rings. The van der Waals surface area contributed by atoms with Crippen LogP contribution in [0.15, 0.2) is 18.3 Å². The Balaban J connectivity index is 2.55. The predicted octanol–water partition coefficient (Wildman–Crippen LogP) is 1.18. The van der Waals surface area contributed by atoms with Gasteiger partial charge in [0.25, 0.3) is 0 Å². The Morgan fingerprint density at radius 1 is 1.46 bits per heavy atom. The first-order chi connectivity index (χ1) is 6.31. The Kier molecular flexibility index (Phi) is 1.98. The first-order valence-corrected chi connectivity index (χ1v) is 4.10. The minimum absolute atomic E-state index is 0.490. The van der Waals surface area contributed by atoms with Crippen molar-refractivity contribution in [1.82, 2.24) is 14.6 Å². The van der Waals surface area contributed by atoms with Crippen LogP contribution < -0.4 is 0 Å². The van der Waals surface area contributed by atoms with Crippen molar-refractivity contribution < 1.29 is 4.74 Å². The molecular weight excluding hydrogens is 166 g/mol. The number of hydrogen-bond acceptors (Lipinski definition) is 3. The van der Waals surface area contributed by atoms with Crippen LogP contribution in [0.25, 0.3) is 5.65 Å². The van der Waals surface area contributed by atoms with Gasteiger partial charge in [0.1, 0.15) is 6.61 Å². The highest BCUT2D eigenvalue weighted by Gasteiger charge is 2.03. The van der Waals surface area contributed by atoms with E-state index in [0.29, 0.717) is 6.61 Å². The van der Waals surface area contributed by atoms with Crippen LogP contribution in [0.5, 0.6) is 0 Å². The third kappa shape index (κ3) is 1.40. The molecule has 2 aromatic rings. The molecule has 4 heteroatoms. The van der Waals surface area contributed by atoms with Crippen LogP contribution >= 0.6 is 0 Å². The van der Waals surface area contributed by atoms with Crippen molar-refractivity contribution in [2.75, 3.05) is 7.11 Å². The molecule has 0 amide bonds. The Morgan fingerprint density at radius 2 is 2.31 bits per heavy atom. The molecule has 0 unspecified atom stereocenters. The Labute approximate surface area is 76.2 Å². The second-order valence-electron chi connectivity index (χ2n) is 2.98.